The number of hydrogen-bond donors (Lipinski definition) is 0. The second-order valence-electron chi connectivity index (χ2n) is 2.29. The minimum Gasteiger partial charge on any atom is -0.618 e. The minimum absolute atomic E-state index is 0.670. The summed E-state index contributed by atoms with van der Waals surface area (Å²) in [6.45, 7) is 1.77. The van der Waals surface area contributed by atoms with Crippen molar-refractivity contribution in [1.82, 2.24) is 4.98 Å². The van der Waals surface area contributed by atoms with Gasteiger partial charge in [-0.2, -0.15) is 4.73 Å². The fourth-order valence-corrected chi connectivity index (χ4v) is 1.72. The molecule has 0 spiro atoms. The van der Waals surface area contributed by atoms with Crippen LogP contribution in [0.3, 0.4) is 0 Å². The predicted octanol–water partition coefficient (Wildman–Crippen LogP) is 1.24. The summed E-state index contributed by atoms with van der Waals surface area (Å²) in [4.78, 5) is 4.08. The Morgan fingerprint density at radius 1 is 1.64 bits per heavy atom. The van der Waals surface area contributed by atoms with E-state index in [9.17, 15) is 5.21 Å². The molecule has 0 radical (unpaired) electrons. The maximum atomic E-state index is 11.0. The Kier molecular flexibility index (Phi) is 1.29. The van der Waals surface area contributed by atoms with Crippen LogP contribution in [0.25, 0.3) is 10.2 Å². The summed E-state index contributed by atoms with van der Waals surface area (Å²) in [7, 11) is 0. The number of aryl methyl sites for hydroxylation is 1. The van der Waals surface area contributed by atoms with Crippen LogP contribution < -0.4 is 4.73 Å². The smallest absolute Gasteiger partial charge is 0.216 e. The van der Waals surface area contributed by atoms with E-state index in [4.69, 9.17) is 0 Å². The molecule has 56 valence electrons. The second kappa shape index (κ2) is 2.17. The van der Waals surface area contributed by atoms with Crippen LogP contribution in [0.2, 0.25) is 0 Å². The zero-order valence-corrected chi connectivity index (χ0v) is 6.76. The Balaban J connectivity index is 2.93. The molecule has 0 unspecified atom stereocenters. The molecule has 0 amide bonds. The first-order valence-electron chi connectivity index (χ1n) is 3.21. The van der Waals surface area contributed by atoms with Crippen molar-refractivity contribution < 1.29 is 4.73 Å². The molecule has 2 aromatic rings. The van der Waals surface area contributed by atoms with Crippen LogP contribution in [-0.2, 0) is 0 Å². The van der Waals surface area contributed by atoms with Crippen LogP contribution in [0.1, 0.15) is 5.69 Å². The molecule has 0 bridgehead atoms. The van der Waals surface area contributed by atoms with Gasteiger partial charge in [-0.05, 0) is 0 Å². The number of hydrogen-bond acceptors (Lipinski definition) is 3. The Morgan fingerprint density at radius 2 is 2.45 bits per heavy atom. The van der Waals surface area contributed by atoms with Gasteiger partial charge in [0, 0.05) is 13.0 Å². The number of nitrogens with zero attached hydrogens (tertiary/aromatic N) is 2. The highest BCUT2D eigenvalue weighted by Gasteiger charge is 2.06. The highest BCUT2D eigenvalue weighted by molar-refractivity contribution is 7.16. The lowest BCUT2D eigenvalue weighted by molar-refractivity contribution is -0.610. The molecule has 2 aromatic heterocycles. The molecule has 0 saturated carbocycles. The molecule has 4 heteroatoms. The van der Waals surface area contributed by atoms with E-state index in [-0.39, 0.29) is 0 Å². The average molecular weight is 166 g/mol. The molecule has 0 aliphatic heterocycles. The Labute approximate surface area is 67.5 Å². The largest absolute Gasteiger partial charge is 0.618 e. The first-order valence-corrected chi connectivity index (χ1v) is 4.09. The van der Waals surface area contributed by atoms with Crippen molar-refractivity contribution >= 4 is 21.6 Å². The Hall–Kier alpha value is -1.16. The normalized spacial score (nSPS) is 10.6. The third-order valence-corrected chi connectivity index (χ3v) is 2.42. The van der Waals surface area contributed by atoms with E-state index in [1.807, 2.05) is 0 Å². The predicted molar refractivity (Wildman–Crippen MR) is 43.3 cm³/mol. The summed E-state index contributed by atoms with van der Waals surface area (Å²) in [5.41, 5.74) is 3.23. The molecule has 0 aliphatic rings. The summed E-state index contributed by atoms with van der Waals surface area (Å²) in [5, 5.41) is 11.0. The lowest BCUT2D eigenvalue weighted by Crippen LogP contribution is -2.28. The van der Waals surface area contributed by atoms with Gasteiger partial charge in [0.15, 0.2) is 6.20 Å². The van der Waals surface area contributed by atoms with Crippen LogP contribution in [0.5, 0.6) is 0 Å². The van der Waals surface area contributed by atoms with Crippen molar-refractivity contribution in [2.45, 2.75) is 6.92 Å². The molecule has 3 nitrogen and oxygen atoms in total. The van der Waals surface area contributed by atoms with Crippen molar-refractivity contribution in [1.29, 1.82) is 0 Å². The van der Waals surface area contributed by atoms with E-state index in [0.717, 1.165) is 14.9 Å². The van der Waals surface area contributed by atoms with Crippen LogP contribution >= 0.6 is 11.3 Å². The lowest BCUT2D eigenvalue weighted by Gasteiger charge is -1.98. The van der Waals surface area contributed by atoms with Gasteiger partial charge in [0.2, 0.25) is 5.69 Å². The van der Waals surface area contributed by atoms with E-state index in [0.29, 0.717) is 5.69 Å². The molecule has 0 fully saturated rings. The fraction of sp³-hybridized carbons (Fsp3) is 0.143. The van der Waals surface area contributed by atoms with E-state index in [1.165, 1.54) is 6.20 Å². The van der Waals surface area contributed by atoms with Crippen LogP contribution in [0.15, 0.2) is 17.8 Å². The minimum atomic E-state index is 0.670. The Morgan fingerprint density at radius 3 is 3.27 bits per heavy atom. The topological polar surface area (TPSA) is 39.8 Å². The number of aromatic nitrogens is 2. The maximum absolute atomic E-state index is 11.0. The van der Waals surface area contributed by atoms with E-state index >= 15 is 0 Å². The highest BCUT2D eigenvalue weighted by Crippen LogP contribution is 2.17. The van der Waals surface area contributed by atoms with E-state index < -0.39 is 0 Å². The molecule has 0 N–H and O–H groups in total. The molecule has 11 heavy (non-hydrogen) atoms. The van der Waals surface area contributed by atoms with Gasteiger partial charge in [0.25, 0.3) is 0 Å². The van der Waals surface area contributed by atoms with Crippen molar-refractivity contribution in [2.75, 3.05) is 0 Å². The van der Waals surface area contributed by atoms with Gasteiger partial charge in [-0.1, -0.05) is 0 Å². The van der Waals surface area contributed by atoms with Gasteiger partial charge >= 0.3 is 0 Å². The second-order valence-corrected chi connectivity index (χ2v) is 3.18. The molecule has 2 rings (SSSR count). The Bertz CT molecular complexity index is 396. The highest BCUT2D eigenvalue weighted by atomic mass is 32.1. The third-order valence-electron chi connectivity index (χ3n) is 1.63. The monoisotopic (exact) mass is 166 g/mol. The molecule has 0 saturated heterocycles. The number of rotatable bonds is 0. The molecule has 0 aliphatic carbocycles. The SMILES string of the molecule is Cc1c2ncsc2cc[n+]1[O-]. The molecular weight excluding hydrogens is 160 g/mol. The fourth-order valence-electron chi connectivity index (χ4n) is 0.997. The van der Waals surface area contributed by atoms with Gasteiger partial charge in [-0.15, -0.1) is 11.3 Å². The van der Waals surface area contributed by atoms with Crippen molar-refractivity contribution in [3.05, 3.63) is 28.7 Å². The van der Waals surface area contributed by atoms with Gasteiger partial charge in [-0.3, -0.25) is 0 Å². The van der Waals surface area contributed by atoms with Crippen molar-refractivity contribution in [3.8, 4) is 0 Å². The van der Waals surface area contributed by atoms with E-state index in [1.54, 1.807) is 29.8 Å². The number of thiazole rings is 1. The summed E-state index contributed by atoms with van der Waals surface area (Å²) in [6.07, 6.45) is 1.51. The summed E-state index contributed by atoms with van der Waals surface area (Å²) >= 11 is 1.55. The van der Waals surface area contributed by atoms with Crippen molar-refractivity contribution in [2.24, 2.45) is 0 Å². The molecular formula is C7H6N2OS. The van der Waals surface area contributed by atoms with Gasteiger partial charge in [0.05, 0.1) is 10.2 Å². The zero-order chi connectivity index (χ0) is 7.84. The summed E-state index contributed by atoms with van der Waals surface area (Å²) in [6, 6.07) is 1.78. The summed E-state index contributed by atoms with van der Waals surface area (Å²) in [5.74, 6) is 0. The van der Waals surface area contributed by atoms with E-state index in [2.05, 4.69) is 4.98 Å². The number of pyridine rings is 1. The quantitative estimate of drug-likeness (QED) is 0.436. The van der Waals surface area contributed by atoms with Crippen LogP contribution in [0, 0.1) is 12.1 Å². The summed E-state index contributed by atoms with van der Waals surface area (Å²) < 4.78 is 1.90. The molecule has 0 aromatic carbocycles. The molecule has 0 atom stereocenters. The van der Waals surface area contributed by atoms with Crippen molar-refractivity contribution in [3.63, 3.8) is 0 Å². The van der Waals surface area contributed by atoms with Crippen LogP contribution in [-0.4, -0.2) is 4.98 Å². The van der Waals surface area contributed by atoms with Gasteiger partial charge in [-0.25, -0.2) is 4.98 Å². The first kappa shape index (κ1) is 6.54. The standard InChI is InChI=1S/C7H6N2OS/c1-5-7-6(11-4-8-7)2-3-9(5)10/h2-4H,1H3. The van der Waals surface area contributed by atoms with Gasteiger partial charge < -0.3 is 5.21 Å². The van der Waals surface area contributed by atoms with Crippen LogP contribution in [0.4, 0.5) is 0 Å². The average Bonchev–Trinajstić information content (AvgIpc) is 2.45. The third kappa shape index (κ3) is 0.867. The van der Waals surface area contributed by atoms with Gasteiger partial charge in [0.1, 0.15) is 5.52 Å². The maximum Gasteiger partial charge on any atom is 0.216 e. The zero-order valence-electron chi connectivity index (χ0n) is 5.94. The first-order chi connectivity index (χ1) is 5.29. The number of fused-ring (bicyclic) bond motifs is 1. The lowest BCUT2D eigenvalue weighted by atomic mass is 10.3. The molecule has 2 heterocycles.